The van der Waals surface area contributed by atoms with E-state index in [-0.39, 0.29) is 18.2 Å². The molecule has 0 aliphatic heterocycles. The molecule has 1 amide bonds. The number of nitro groups is 1. The van der Waals surface area contributed by atoms with Gasteiger partial charge in [-0.25, -0.2) is 14.8 Å². The lowest BCUT2D eigenvalue weighted by molar-refractivity contribution is -0.385. The Balaban J connectivity index is 1.94. The third kappa shape index (κ3) is 6.05. The van der Waals surface area contributed by atoms with Gasteiger partial charge in [0.15, 0.2) is 0 Å². The maximum absolute atomic E-state index is 11.7. The van der Waals surface area contributed by atoms with E-state index in [0.717, 1.165) is 6.20 Å². The Morgan fingerprint density at radius 1 is 1.28 bits per heavy atom. The number of hydrogen-bond acceptors (Lipinski definition) is 7. The predicted molar refractivity (Wildman–Crippen MR) is 89.3 cm³/mol. The Kier molecular flexibility index (Phi) is 5.48. The van der Waals surface area contributed by atoms with E-state index in [1.807, 2.05) is 0 Å². The van der Waals surface area contributed by atoms with Crippen LogP contribution in [0.4, 0.5) is 16.3 Å². The number of aromatic nitrogens is 2. The number of carbonyl (C=O) groups excluding carboxylic acids is 1. The second-order valence-corrected chi connectivity index (χ2v) is 6.04. The molecule has 132 valence electrons. The number of carbonyl (C=O) groups is 1. The van der Waals surface area contributed by atoms with E-state index in [9.17, 15) is 14.9 Å². The van der Waals surface area contributed by atoms with Gasteiger partial charge in [-0.3, -0.25) is 15.4 Å². The van der Waals surface area contributed by atoms with Gasteiger partial charge >= 0.3 is 6.09 Å². The average molecular weight is 346 g/mol. The number of pyridine rings is 2. The minimum atomic E-state index is -0.605. The third-order valence-corrected chi connectivity index (χ3v) is 2.74. The molecule has 2 aromatic heterocycles. The van der Waals surface area contributed by atoms with Crippen LogP contribution in [0.5, 0.6) is 5.88 Å². The Morgan fingerprint density at radius 3 is 2.64 bits per heavy atom. The van der Waals surface area contributed by atoms with Crippen molar-refractivity contribution in [3.8, 4) is 5.88 Å². The van der Waals surface area contributed by atoms with Gasteiger partial charge in [0, 0.05) is 12.1 Å². The normalized spacial score (nSPS) is 10.8. The SMILES string of the molecule is CC(C)(C)OC(=O)Nc1cccc(COc2ccc([N+](=O)[O-])cn2)n1. The molecule has 0 aliphatic rings. The zero-order chi connectivity index (χ0) is 18.4. The summed E-state index contributed by atoms with van der Waals surface area (Å²) >= 11 is 0. The van der Waals surface area contributed by atoms with Crippen LogP contribution in [-0.4, -0.2) is 26.6 Å². The molecule has 0 fully saturated rings. The first-order chi connectivity index (χ1) is 11.7. The zero-order valence-corrected chi connectivity index (χ0v) is 14.1. The van der Waals surface area contributed by atoms with Gasteiger partial charge < -0.3 is 9.47 Å². The standard InChI is InChI=1S/C16H18N4O5/c1-16(2,3)25-15(21)19-13-6-4-5-11(18-13)10-24-14-8-7-12(9-17-14)20(22)23/h4-9H,10H2,1-3H3,(H,18,19,21). The summed E-state index contributed by atoms with van der Waals surface area (Å²) < 4.78 is 10.6. The number of nitrogens with zero attached hydrogens (tertiary/aromatic N) is 3. The fourth-order valence-corrected chi connectivity index (χ4v) is 1.75. The van der Waals surface area contributed by atoms with E-state index >= 15 is 0 Å². The highest BCUT2D eigenvalue weighted by atomic mass is 16.6. The van der Waals surface area contributed by atoms with E-state index in [0.29, 0.717) is 11.5 Å². The van der Waals surface area contributed by atoms with E-state index in [1.165, 1.54) is 12.1 Å². The molecule has 9 heteroatoms. The molecule has 9 nitrogen and oxygen atoms in total. The van der Waals surface area contributed by atoms with Gasteiger partial charge in [0.05, 0.1) is 10.6 Å². The Morgan fingerprint density at radius 2 is 2.04 bits per heavy atom. The topological polar surface area (TPSA) is 116 Å². The summed E-state index contributed by atoms with van der Waals surface area (Å²) in [7, 11) is 0. The van der Waals surface area contributed by atoms with Crippen molar-refractivity contribution in [1.29, 1.82) is 0 Å². The van der Waals surface area contributed by atoms with Crippen LogP contribution >= 0.6 is 0 Å². The molecular formula is C16H18N4O5. The molecule has 0 saturated heterocycles. The molecule has 0 aromatic carbocycles. The summed E-state index contributed by atoms with van der Waals surface area (Å²) in [6.45, 7) is 5.39. The van der Waals surface area contributed by atoms with Gasteiger partial charge in [-0.15, -0.1) is 0 Å². The van der Waals surface area contributed by atoms with Crippen molar-refractivity contribution in [2.45, 2.75) is 33.0 Å². The minimum Gasteiger partial charge on any atom is -0.471 e. The molecule has 0 saturated carbocycles. The number of ether oxygens (including phenoxy) is 2. The van der Waals surface area contributed by atoms with Crippen molar-refractivity contribution in [1.82, 2.24) is 9.97 Å². The van der Waals surface area contributed by atoms with Crippen molar-refractivity contribution in [2.24, 2.45) is 0 Å². The fourth-order valence-electron chi connectivity index (χ4n) is 1.75. The van der Waals surface area contributed by atoms with Crippen molar-refractivity contribution in [2.75, 3.05) is 5.32 Å². The van der Waals surface area contributed by atoms with Gasteiger partial charge in [0.2, 0.25) is 5.88 Å². The molecule has 2 aromatic rings. The summed E-state index contributed by atoms with van der Waals surface area (Å²) in [6, 6.07) is 7.75. The second kappa shape index (κ2) is 7.56. The lowest BCUT2D eigenvalue weighted by Gasteiger charge is -2.19. The highest BCUT2D eigenvalue weighted by molar-refractivity contribution is 5.83. The molecule has 25 heavy (non-hydrogen) atoms. The smallest absolute Gasteiger partial charge is 0.413 e. The summed E-state index contributed by atoms with van der Waals surface area (Å²) in [4.78, 5) is 29.8. The van der Waals surface area contributed by atoms with E-state index < -0.39 is 16.6 Å². The summed E-state index contributed by atoms with van der Waals surface area (Å²) in [5.41, 5.74) is -0.172. The summed E-state index contributed by atoms with van der Waals surface area (Å²) in [6.07, 6.45) is 0.513. The number of hydrogen-bond donors (Lipinski definition) is 1. The highest BCUT2D eigenvalue weighted by Crippen LogP contribution is 2.15. The van der Waals surface area contributed by atoms with Gasteiger partial charge in [-0.05, 0) is 32.9 Å². The molecular weight excluding hydrogens is 328 g/mol. The highest BCUT2D eigenvalue weighted by Gasteiger charge is 2.16. The summed E-state index contributed by atoms with van der Waals surface area (Å²) in [5, 5.41) is 13.1. The van der Waals surface area contributed by atoms with Crippen LogP contribution < -0.4 is 10.1 Å². The molecule has 1 N–H and O–H groups in total. The zero-order valence-electron chi connectivity index (χ0n) is 14.1. The molecule has 0 aliphatic carbocycles. The molecule has 0 radical (unpaired) electrons. The number of nitrogens with one attached hydrogen (secondary N) is 1. The fraction of sp³-hybridized carbons (Fsp3) is 0.312. The monoisotopic (exact) mass is 346 g/mol. The lowest BCUT2D eigenvalue weighted by atomic mass is 10.2. The Bertz CT molecular complexity index is 756. The number of rotatable bonds is 5. The quantitative estimate of drug-likeness (QED) is 0.652. The van der Waals surface area contributed by atoms with Crippen LogP contribution in [0, 0.1) is 10.1 Å². The predicted octanol–water partition coefficient (Wildman–Crippen LogP) is 3.31. The van der Waals surface area contributed by atoms with Gasteiger partial charge in [0.1, 0.15) is 24.2 Å². The van der Waals surface area contributed by atoms with Crippen molar-refractivity contribution in [3.05, 3.63) is 52.3 Å². The molecule has 0 atom stereocenters. The lowest BCUT2D eigenvalue weighted by Crippen LogP contribution is -2.27. The van der Waals surface area contributed by atoms with Crippen molar-refractivity contribution >= 4 is 17.6 Å². The summed E-state index contributed by atoms with van der Waals surface area (Å²) in [5.74, 6) is 0.560. The maximum atomic E-state index is 11.7. The van der Waals surface area contributed by atoms with Crippen LogP contribution in [0.25, 0.3) is 0 Å². The van der Waals surface area contributed by atoms with Crippen molar-refractivity contribution < 1.29 is 19.2 Å². The molecule has 0 bridgehead atoms. The molecule has 0 spiro atoms. The third-order valence-electron chi connectivity index (χ3n) is 2.74. The molecule has 0 unspecified atom stereocenters. The number of amides is 1. The van der Waals surface area contributed by atoms with Crippen LogP contribution in [0.1, 0.15) is 26.5 Å². The minimum absolute atomic E-state index is 0.0919. The first kappa shape index (κ1) is 18.1. The van der Waals surface area contributed by atoms with Gasteiger partial charge in [-0.2, -0.15) is 0 Å². The van der Waals surface area contributed by atoms with Crippen molar-refractivity contribution in [3.63, 3.8) is 0 Å². The van der Waals surface area contributed by atoms with Crippen LogP contribution in [0.15, 0.2) is 36.5 Å². The maximum Gasteiger partial charge on any atom is 0.413 e. The van der Waals surface area contributed by atoms with E-state index in [4.69, 9.17) is 9.47 Å². The van der Waals surface area contributed by atoms with Crippen LogP contribution in [0.2, 0.25) is 0 Å². The molecule has 2 heterocycles. The van der Waals surface area contributed by atoms with Crippen LogP contribution in [-0.2, 0) is 11.3 Å². The van der Waals surface area contributed by atoms with Gasteiger partial charge in [0.25, 0.3) is 5.69 Å². The Hall–Kier alpha value is -3.23. The molecule has 2 rings (SSSR count). The first-order valence-electron chi connectivity index (χ1n) is 7.42. The first-order valence-corrected chi connectivity index (χ1v) is 7.42. The van der Waals surface area contributed by atoms with E-state index in [1.54, 1.807) is 39.0 Å². The Labute approximate surface area is 144 Å². The van der Waals surface area contributed by atoms with Gasteiger partial charge in [-0.1, -0.05) is 6.07 Å². The average Bonchev–Trinajstić information content (AvgIpc) is 2.52. The largest absolute Gasteiger partial charge is 0.471 e. The number of anilines is 1. The van der Waals surface area contributed by atoms with Crippen LogP contribution in [0.3, 0.4) is 0 Å². The van der Waals surface area contributed by atoms with E-state index in [2.05, 4.69) is 15.3 Å². The second-order valence-electron chi connectivity index (χ2n) is 6.04.